The monoisotopic (exact) mass is 392 g/mol. The lowest BCUT2D eigenvalue weighted by Gasteiger charge is -2.25. The van der Waals surface area contributed by atoms with E-state index in [1.54, 1.807) is 42.3 Å². The Morgan fingerprint density at radius 3 is 2.54 bits per heavy atom. The second kappa shape index (κ2) is 7.29. The summed E-state index contributed by atoms with van der Waals surface area (Å²) in [5.41, 5.74) is 0.725. The molecule has 1 unspecified atom stereocenters. The van der Waals surface area contributed by atoms with Gasteiger partial charge in [-0.1, -0.05) is 23.7 Å². The summed E-state index contributed by atoms with van der Waals surface area (Å²) in [6.07, 6.45) is 2.27. The molecule has 0 saturated heterocycles. The zero-order valence-electron chi connectivity index (χ0n) is 14.6. The van der Waals surface area contributed by atoms with Crippen molar-refractivity contribution in [3.63, 3.8) is 0 Å². The molecule has 26 heavy (non-hydrogen) atoms. The van der Waals surface area contributed by atoms with E-state index >= 15 is 0 Å². The Morgan fingerprint density at radius 1 is 1.19 bits per heavy atom. The van der Waals surface area contributed by atoms with Crippen LogP contribution in [0.25, 0.3) is 0 Å². The predicted octanol–water partition coefficient (Wildman–Crippen LogP) is 4.01. The van der Waals surface area contributed by atoms with Gasteiger partial charge in [-0.05, 0) is 62.1 Å². The average molecular weight is 393 g/mol. The van der Waals surface area contributed by atoms with Crippen molar-refractivity contribution >= 4 is 33.2 Å². The summed E-state index contributed by atoms with van der Waals surface area (Å²) < 4.78 is 27.7. The molecule has 0 radical (unpaired) electrons. The lowest BCUT2D eigenvalue weighted by atomic mass is 10.1. The molecule has 1 amide bonds. The van der Waals surface area contributed by atoms with E-state index < -0.39 is 10.0 Å². The number of sulfonamides is 1. The highest BCUT2D eigenvalue weighted by Crippen LogP contribution is 2.35. The summed E-state index contributed by atoms with van der Waals surface area (Å²) in [6, 6.07) is 12.7. The van der Waals surface area contributed by atoms with E-state index in [4.69, 9.17) is 11.6 Å². The fourth-order valence-corrected chi connectivity index (χ4v) is 4.13. The van der Waals surface area contributed by atoms with Crippen LogP contribution in [-0.2, 0) is 10.0 Å². The quantitative estimate of drug-likeness (QED) is 0.807. The van der Waals surface area contributed by atoms with Crippen LogP contribution in [0.3, 0.4) is 0 Å². The summed E-state index contributed by atoms with van der Waals surface area (Å²) in [5, 5.41) is 0.435. The number of nitrogens with one attached hydrogen (secondary N) is 1. The van der Waals surface area contributed by atoms with Gasteiger partial charge in [-0.3, -0.25) is 9.52 Å². The molecule has 1 N–H and O–H groups in total. The Labute approximate surface area is 159 Å². The molecule has 0 bridgehead atoms. The van der Waals surface area contributed by atoms with Gasteiger partial charge in [0.1, 0.15) is 0 Å². The Morgan fingerprint density at radius 2 is 1.88 bits per heavy atom. The molecule has 1 saturated carbocycles. The Kier molecular flexibility index (Phi) is 5.25. The number of hydrogen-bond donors (Lipinski definition) is 1. The number of amides is 1. The molecule has 2 aromatic carbocycles. The van der Waals surface area contributed by atoms with E-state index in [2.05, 4.69) is 4.72 Å². The van der Waals surface area contributed by atoms with Crippen molar-refractivity contribution in [1.82, 2.24) is 4.90 Å². The fraction of sp³-hybridized carbons (Fsp3) is 0.316. The van der Waals surface area contributed by atoms with Crippen molar-refractivity contribution in [1.29, 1.82) is 0 Å². The zero-order chi connectivity index (χ0) is 18.9. The third-order valence-electron chi connectivity index (χ3n) is 4.70. The van der Waals surface area contributed by atoms with Crippen LogP contribution in [0.5, 0.6) is 0 Å². The molecule has 1 atom stereocenters. The van der Waals surface area contributed by atoms with Crippen molar-refractivity contribution < 1.29 is 13.2 Å². The van der Waals surface area contributed by atoms with Crippen LogP contribution in [0.15, 0.2) is 53.4 Å². The minimum atomic E-state index is -3.82. The Balaban J connectivity index is 1.82. The molecule has 1 aliphatic rings. The van der Waals surface area contributed by atoms with Gasteiger partial charge in [0, 0.05) is 23.7 Å². The first-order chi connectivity index (χ1) is 12.3. The number of benzene rings is 2. The van der Waals surface area contributed by atoms with Crippen LogP contribution in [0.4, 0.5) is 5.69 Å². The van der Waals surface area contributed by atoms with Gasteiger partial charge in [0.25, 0.3) is 15.9 Å². The van der Waals surface area contributed by atoms with Gasteiger partial charge in [-0.25, -0.2) is 8.42 Å². The lowest BCUT2D eigenvalue weighted by Crippen LogP contribution is -2.36. The lowest BCUT2D eigenvalue weighted by molar-refractivity contribution is 0.0727. The first kappa shape index (κ1) is 18.7. The van der Waals surface area contributed by atoms with Crippen LogP contribution >= 0.6 is 11.6 Å². The first-order valence-corrected chi connectivity index (χ1v) is 10.3. The molecular weight excluding hydrogens is 372 g/mol. The minimum Gasteiger partial charge on any atom is -0.339 e. The second-order valence-corrected chi connectivity index (χ2v) is 8.76. The third-order valence-corrected chi connectivity index (χ3v) is 6.32. The zero-order valence-corrected chi connectivity index (χ0v) is 16.2. The molecule has 138 valence electrons. The van der Waals surface area contributed by atoms with Crippen molar-refractivity contribution in [2.24, 2.45) is 5.92 Å². The van der Waals surface area contributed by atoms with Gasteiger partial charge < -0.3 is 4.90 Å². The molecule has 0 aromatic heterocycles. The first-order valence-electron chi connectivity index (χ1n) is 8.43. The highest BCUT2D eigenvalue weighted by molar-refractivity contribution is 7.92. The van der Waals surface area contributed by atoms with E-state index in [9.17, 15) is 13.2 Å². The molecule has 1 aliphatic carbocycles. The number of carbonyl (C=O) groups excluding carboxylic acids is 1. The third kappa shape index (κ3) is 4.19. The van der Waals surface area contributed by atoms with Crippen LogP contribution in [0.2, 0.25) is 5.02 Å². The number of hydrogen-bond acceptors (Lipinski definition) is 3. The van der Waals surface area contributed by atoms with Crippen molar-refractivity contribution in [2.75, 3.05) is 11.8 Å². The summed E-state index contributed by atoms with van der Waals surface area (Å²) >= 11 is 5.90. The molecule has 0 aliphatic heterocycles. The summed E-state index contributed by atoms with van der Waals surface area (Å²) in [4.78, 5) is 14.4. The maximum absolute atomic E-state index is 12.7. The molecule has 0 spiro atoms. The van der Waals surface area contributed by atoms with Gasteiger partial charge in [0.2, 0.25) is 0 Å². The van der Waals surface area contributed by atoms with Crippen molar-refractivity contribution in [2.45, 2.75) is 30.7 Å². The van der Waals surface area contributed by atoms with E-state index in [0.717, 1.165) is 12.8 Å². The molecule has 7 heteroatoms. The van der Waals surface area contributed by atoms with Gasteiger partial charge >= 0.3 is 0 Å². The number of carbonyl (C=O) groups is 1. The van der Waals surface area contributed by atoms with Gasteiger partial charge in [0.05, 0.1) is 10.6 Å². The highest BCUT2D eigenvalue weighted by atomic mass is 35.5. The summed E-state index contributed by atoms with van der Waals surface area (Å²) in [5.74, 6) is 0.365. The van der Waals surface area contributed by atoms with Crippen LogP contribution in [0, 0.1) is 5.92 Å². The van der Waals surface area contributed by atoms with E-state index in [1.165, 1.54) is 18.2 Å². The number of nitrogens with zero attached hydrogens (tertiary/aromatic N) is 1. The summed E-state index contributed by atoms with van der Waals surface area (Å²) in [7, 11) is -2.05. The number of anilines is 1. The maximum atomic E-state index is 12.7. The highest BCUT2D eigenvalue weighted by Gasteiger charge is 2.33. The summed E-state index contributed by atoms with van der Waals surface area (Å²) in [6.45, 7) is 2.02. The number of rotatable bonds is 6. The van der Waals surface area contributed by atoms with Crippen LogP contribution in [0.1, 0.15) is 30.1 Å². The van der Waals surface area contributed by atoms with Gasteiger partial charge in [-0.15, -0.1) is 0 Å². The SMILES string of the molecule is CC(C1CC1)N(C)C(=O)c1cccc(S(=O)(=O)Nc2cccc(Cl)c2)c1. The van der Waals surface area contributed by atoms with Crippen LogP contribution < -0.4 is 4.72 Å². The molecule has 2 aromatic rings. The maximum Gasteiger partial charge on any atom is 0.261 e. The normalized spacial score (nSPS) is 15.3. The molecule has 3 rings (SSSR count). The molecular formula is C19H21ClN2O3S. The Bertz CT molecular complexity index is 926. The van der Waals surface area contributed by atoms with Gasteiger partial charge in [0.15, 0.2) is 0 Å². The van der Waals surface area contributed by atoms with Crippen LogP contribution in [-0.4, -0.2) is 32.3 Å². The topological polar surface area (TPSA) is 66.5 Å². The van der Waals surface area contributed by atoms with E-state index in [0.29, 0.717) is 22.2 Å². The Hall–Kier alpha value is -2.05. The smallest absolute Gasteiger partial charge is 0.261 e. The second-order valence-electron chi connectivity index (χ2n) is 6.64. The molecule has 1 fully saturated rings. The van der Waals surface area contributed by atoms with E-state index in [-0.39, 0.29) is 16.8 Å². The van der Waals surface area contributed by atoms with Gasteiger partial charge in [-0.2, -0.15) is 0 Å². The van der Waals surface area contributed by atoms with Crippen molar-refractivity contribution in [3.05, 3.63) is 59.1 Å². The molecule has 5 nitrogen and oxygen atoms in total. The van der Waals surface area contributed by atoms with E-state index in [1.807, 2.05) is 6.92 Å². The fourth-order valence-electron chi connectivity index (χ4n) is 2.85. The standard InChI is InChI=1S/C19H21ClN2O3S/c1-13(14-9-10-14)22(2)19(23)15-5-3-8-18(11-15)26(24,25)21-17-7-4-6-16(20)12-17/h3-8,11-14,21H,9-10H2,1-2H3. The number of halogens is 1. The average Bonchev–Trinajstić information content (AvgIpc) is 3.44. The minimum absolute atomic E-state index is 0.0378. The molecule has 0 heterocycles. The van der Waals surface area contributed by atoms with Crippen molar-refractivity contribution in [3.8, 4) is 0 Å². The predicted molar refractivity (Wildman–Crippen MR) is 103 cm³/mol. The largest absolute Gasteiger partial charge is 0.339 e.